The zero-order valence-corrected chi connectivity index (χ0v) is 11.6. The van der Waals surface area contributed by atoms with Gasteiger partial charge >= 0.3 is 0 Å². The second-order valence-corrected chi connectivity index (χ2v) is 4.36. The number of methoxy groups -OCH3 is 2. The Balaban J connectivity index is 2.66. The van der Waals surface area contributed by atoms with Gasteiger partial charge in [-0.25, -0.2) is 0 Å². The van der Waals surface area contributed by atoms with E-state index in [0.29, 0.717) is 12.8 Å². The highest BCUT2D eigenvalue weighted by atomic mass is 16.7. The highest BCUT2D eigenvalue weighted by molar-refractivity contribution is 4.96. The molecule has 6 nitrogen and oxygen atoms in total. The van der Waals surface area contributed by atoms with Crippen molar-refractivity contribution >= 4 is 0 Å². The molecule has 19 heavy (non-hydrogen) atoms. The monoisotopic (exact) mass is 276 g/mol. The lowest BCUT2D eigenvalue weighted by molar-refractivity contribution is -0.228. The van der Waals surface area contributed by atoms with Crippen LogP contribution in [0.4, 0.5) is 0 Å². The highest BCUT2D eigenvalue weighted by Crippen LogP contribution is 2.27. The fourth-order valence-electron chi connectivity index (χ4n) is 2.15. The first-order chi connectivity index (χ1) is 9.26. The molecule has 1 rings (SSSR count). The third-order valence-corrected chi connectivity index (χ3v) is 3.00. The molecule has 1 heterocycles. The van der Waals surface area contributed by atoms with E-state index in [1.807, 2.05) is 0 Å². The van der Waals surface area contributed by atoms with Gasteiger partial charge in [-0.15, -0.1) is 6.58 Å². The van der Waals surface area contributed by atoms with E-state index in [1.165, 1.54) is 0 Å². The van der Waals surface area contributed by atoms with Gasteiger partial charge in [0.25, 0.3) is 0 Å². The van der Waals surface area contributed by atoms with Crippen molar-refractivity contribution < 1.29 is 28.8 Å². The minimum Gasteiger partial charge on any atom is -0.396 e. The zero-order valence-electron chi connectivity index (χ0n) is 11.6. The van der Waals surface area contributed by atoms with Gasteiger partial charge < -0.3 is 28.8 Å². The van der Waals surface area contributed by atoms with E-state index in [9.17, 15) is 0 Å². The Morgan fingerprint density at radius 2 is 1.95 bits per heavy atom. The Labute approximate surface area is 114 Å². The van der Waals surface area contributed by atoms with Crippen LogP contribution in [0.15, 0.2) is 12.7 Å². The molecule has 0 aliphatic carbocycles. The molecule has 4 atom stereocenters. The third-order valence-electron chi connectivity index (χ3n) is 3.00. The number of aliphatic hydroxyl groups excluding tert-OH is 1. The molecule has 1 aliphatic heterocycles. The van der Waals surface area contributed by atoms with Crippen molar-refractivity contribution in [1.82, 2.24) is 0 Å². The lowest BCUT2D eigenvalue weighted by Crippen LogP contribution is -2.50. The van der Waals surface area contributed by atoms with Crippen molar-refractivity contribution in [3.63, 3.8) is 0 Å². The minimum atomic E-state index is -0.290. The quantitative estimate of drug-likeness (QED) is 0.494. The van der Waals surface area contributed by atoms with Crippen molar-refractivity contribution in [3.05, 3.63) is 12.7 Å². The minimum absolute atomic E-state index is 0.0720. The zero-order chi connectivity index (χ0) is 14.1. The van der Waals surface area contributed by atoms with Crippen LogP contribution in [0.1, 0.15) is 12.8 Å². The van der Waals surface area contributed by atoms with E-state index in [0.717, 1.165) is 0 Å². The Bertz CT molecular complexity index is 247. The van der Waals surface area contributed by atoms with Gasteiger partial charge in [-0.3, -0.25) is 0 Å². The lowest BCUT2D eigenvalue weighted by Gasteiger charge is -2.40. The maximum Gasteiger partial charge on any atom is 0.146 e. The number of rotatable bonds is 9. The SMILES string of the molecule is C=C[C@H]1O[C@H](CCO)C[C@@H](OCOC)[C@@H]1OCOC. The molecule has 0 spiro atoms. The van der Waals surface area contributed by atoms with E-state index in [-0.39, 0.29) is 44.6 Å². The van der Waals surface area contributed by atoms with Gasteiger partial charge in [0.2, 0.25) is 0 Å². The first-order valence-corrected chi connectivity index (χ1v) is 6.36. The van der Waals surface area contributed by atoms with Gasteiger partial charge in [0.05, 0.1) is 12.2 Å². The first-order valence-electron chi connectivity index (χ1n) is 6.36. The molecule has 6 heteroatoms. The molecule has 0 amide bonds. The third kappa shape index (κ3) is 5.18. The Morgan fingerprint density at radius 3 is 2.53 bits per heavy atom. The number of hydrogen-bond acceptors (Lipinski definition) is 6. The normalized spacial score (nSPS) is 31.3. The number of aliphatic hydroxyl groups is 1. The van der Waals surface area contributed by atoms with Gasteiger partial charge in [-0.2, -0.15) is 0 Å². The molecule has 1 saturated heterocycles. The van der Waals surface area contributed by atoms with Crippen LogP contribution in [-0.4, -0.2) is 63.9 Å². The Kier molecular flexibility index (Phi) is 8.20. The van der Waals surface area contributed by atoms with E-state index in [4.69, 9.17) is 28.8 Å². The lowest BCUT2D eigenvalue weighted by atomic mass is 9.96. The van der Waals surface area contributed by atoms with Crippen molar-refractivity contribution in [3.8, 4) is 0 Å². The summed E-state index contributed by atoms with van der Waals surface area (Å²) in [5.41, 5.74) is 0. The summed E-state index contributed by atoms with van der Waals surface area (Å²) in [6.45, 7) is 4.19. The molecule has 0 radical (unpaired) electrons. The van der Waals surface area contributed by atoms with Crippen LogP contribution < -0.4 is 0 Å². The maximum atomic E-state index is 9.02. The fraction of sp³-hybridized carbons (Fsp3) is 0.846. The summed E-state index contributed by atoms with van der Waals surface area (Å²) in [6.07, 6.45) is 2.06. The molecule has 0 aromatic heterocycles. The van der Waals surface area contributed by atoms with E-state index in [1.54, 1.807) is 20.3 Å². The van der Waals surface area contributed by atoms with Gasteiger partial charge in [0.1, 0.15) is 25.8 Å². The van der Waals surface area contributed by atoms with Crippen molar-refractivity contribution in [1.29, 1.82) is 0 Å². The van der Waals surface area contributed by atoms with Crippen molar-refractivity contribution in [2.75, 3.05) is 34.4 Å². The predicted molar refractivity (Wildman–Crippen MR) is 68.7 cm³/mol. The van der Waals surface area contributed by atoms with Gasteiger partial charge in [-0.1, -0.05) is 6.08 Å². The summed E-state index contributed by atoms with van der Waals surface area (Å²) in [6, 6.07) is 0. The topological polar surface area (TPSA) is 66.4 Å². The molecule has 0 saturated carbocycles. The Hall–Kier alpha value is -0.500. The predicted octanol–water partition coefficient (Wildman–Crippen LogP) is 0.690. The van der Waals surface area contributed by atoms with Gasteiger partial charge in [0, 0.05) is 27.2 Å². The highest BCUT2D eigenvalue weighted by Gasteiger charge is 2.38. The average molecular weight is 276 g/mol. The smallest absolute Gasteiger partial charge is 0.146 e. The van der Waals surface area contributed by atoms with Gasteiger partial charge in [0.15, 0.2) is 0 Å². The van der Waals surface area contributed by atoms with E-state index in [2.05, 4.69) is 6.58 Å². The standard InChI is InChI=1S/C13H24O6/c1-4-11-13(18-9-16-3)12(17-8-15-2)7-10(19-11)5-6-14/h4,10-14H,1,5-9H2,2-3H3/t10-,11-,12-,13-/m1/s1. The maximum absolute atomic E-state index is 9.02. The van der Waals surface area contributed by atoms with E-state index < -0.39 is 0 Å². The van der Waals surface area contributed by atoms with Crippen LogP contribution in [0.5, 0.6) is 0 Å². The molecular formula is C13H24O6. The second kappa shape index (κ2) is 9.41. The summed E-state index contributed by atoms with van der Waals surface area (Å²) in [5, 5.41) is 9.02. The van der Waals surface area contributed by atoms with Gasteiger partial charge in [-0.05, 0) is 6.42 Å². The molecule has 1 aliphatic rings. The summed E-state index contributed by atoms with van der Waals surface area (Å²) in [7, 11) is 3.13. The Morgan fingerprint density at radius 1 is 1.26 bits per heavy atom. The summed E-state index contributed by atoms with van der Waals surface area (Å²) in [4.78, 5) is 0. The van der Waals surface area contributed by atoms with Crippen LogP contribution in [0.3, 0.4) is 0 Å². The number of ether oxygens (including phenoxy) is 5. The summed E-state index contributed by atoms with van der Waals surface area (Å²) in [5.74, 6) is 0. The van der Waals surface area contributed by atoms with E-state index >= 15 is 0 Å². The summed E-state index contributed by atoms with van der Waals surface area (Å²) < 4.78 is 26.9. The van der Waals surface area contributed by atoms with Crippen molar-refractivity contribution in [2.45, 2.75) is 37.3 Å². The van der Waals surface area contributed by atoms with Crippen molar-refractivity contribution in [2.24, 2.45) is 0 Å². The molecule has 1 fully saturated rings. The average Bonchev–Trinajstić information content (AvgIpc) is 2.43. The summed E-state index contributed by atoms with van der Waals surface area (Å²) >= 11 is 0. The fourth-order valence-corrected chi connectivity index (χ4v) is 2.15. The largest absolute Gasteiger partial charge is 0.396 e. The van der Waals surface area contributed by atoms with Crippen LogP contribution >= 0.6 is 0 Å². The molecule has 0 aromatic rings. The van der Waals surface area contributed by atoms with Crippen LogP contribution in [0.2, 0.25) is 0 Å². The number of hydrogen-bond donors (Lipinski definition) is 1. The molecule has 0 bridgehead atoms. The molecular weight excluding hydrogens is 252 g/mol. The molecule has 0 unspecified atom stereocenters. The van der Waals surface area contributed by atoms with Crippen LogP contribution in [-0.2, 0) is 23.7 Å². The second-order valence-electron chi connectivity index (χ2n) is 4.36. The molecule has 112 valence electrons. The van der Waals surface area contributed by atoms with Crippen LogP contribution in [0.25, 0.3) is 0 Å². The molecule has 0 aromatic carbocycles. The first kappa shape index (κ1) is 16.6. The molecule has 1 N–H and O–H groups in total. The van der Waals surface area contributed by atoms with Crippen LogP contribution in [0, 0.1) is 0 Å².